The minimum absolute atomic E-state index is 0.958. The summed E-state index contributed by atoms with van der Waals surface area (Å²) in [6, 6.07) is 0. The minimum Gasteiger partial charge on any atom is -0.311 e. The highest BCUT2D eigenvalue weighted by atomic mass is 31.2. The molecule has 0 aromatic carbocycles. The monoisotopic (exact) mass is 246 g/mol. The van der Waals surface area contributed by atoms with Crippen molar-refractivity contribution in [2.75, 3.05) is 28.4 Å². The highest BCUT2D eigenvalue weighted by molar-refractivity contribution is 7.72. The van der Waals surface area contributed by atoms with Crippen LogP contribution in [0.4, 0.5) is 0 Å². The first-order valence-corrected chi connectivity index (χ1v) is 7.05. The molecular weight excluding hydrogens is 230 g/mol. The largest absolute Gasteiger partial charge is 0.344 e. The Kier molecular flexibility index (Phi) is 5.52. The van der Waals surface area contributed by atoms with Crippen LogP contribution in [0.25, 0.3) is 0 Å². The molecule has 0 saturated heterocycles. The quantitative estimate of drug-likeness (QED) is 0.669. The van der Waals surface area contributed by atoms with E-state index >= 15 is 0 Å². The molecule has 0 N–H and O–H groups in total. The van der Waals surface area contributed by atoms with E-state index in [2.05, 4.69) is 0 Å². The van der Waals surface area contributed by atoms with Gasteiger partial charge in [-0.2, -0.15) is 0 Å². The van der Waals surface area contributed by atoms with Gasteiger partial charge in [0.2, 0.25) is 0 Å². The van der Waals surface area contributed by atoms with Crippen LogP contribution in [0.2, 0.25) is 0 Å². The summed E-state index contributed by atoms with van der Waals surface area (Å²) in [7, 11) is -2.01. The maximum Gasteiger partial charge on any atom is 0.344 e. The van der Waals surface area contributed by atoms with Crippen LogP contribution in [-0.2, 0) is 27.2 Å². The second-order valence-electron chi connectivity index (χ2n) is 2.44. The molecule has 0 spiro atoms. The first kappa shape index (κ1) is 14.3. The maximum atomic E-state index is 11.8. The van der Waals surface area contributed by atoms with Crippen molar-refractivity contribution in [3.8, 4) is 0 Å². The fourth-order valence-electron chi connectivity index (χ4n) is 0.932. The molecule has 0 atom stereocenters. The predicted octanol–water partition coefficient (Wildman–Crippen LogP) is 2.30. The van der Waals surface area contributed by atoms with E-state index in [0.717, 1.165) is 0 Å². The number of rotatable bonds is 6. The van der Waals surface area contributed by atoms with Gasteiger partial charge < -0.3 is 18.1 Å². The van der Waals surface area contributed by atoms with Crippen molar-refractivity contribution in [2.45, 2.75) is 12.3 Å². The van der Waals surface area contributed by atoms with Crippen LogP contribution >= 0.6 is 15.2 Å². The highest BCUT2D eigenvalue weighted by Gasteiger charge is 2.45. The van der Waals surface area contributed by atoms with Gasteiger partial charge in [0, 0.05) is 28.4 Å². The maximum absolute atomic E-state index is 11.8. The number of hydrogen-bond acceptors (Lipinski definition) is 6. The van der Waals surface area contributed by atoms with Gasteiger partial charge >= 0.3 is 15.2 Å². The Balaban J connectivity index is 5.01. The average Bonchev–Trinajstić information content (AvgIpc) is 2.25. The van der Waals surface area contributed by atoms with Gasteiger partial charge in [-0.15, -0.1) is 0 Å². The standard InChI is InChI=1S/C6H16O6P2/c1-6(13(7,9-2)10-3)14(8,11-4)12-5/h6H,1-5H3. The summed E-state index contributed by atoms with van der Waals surface area (Å²) in [4.78, 5) is 0. The van der Waals surface area contributed by atoms with E-state index in [0.29, 0.717) is 0 Å². The van der Waals surface area contributed by atoms with Gasteiger partial charge in [-0.1, -0.05) is 0 Å². The fraction of sp³-hybridized carbons (Fsp3) is 1.00. The Morgan fingerprint density at radius 1 is 0.786 bits per heavy atom. The smallest absolute Gasteiger partial charge is 0.311 e. The second-order valence-corrected chi connectivity index (χ2v) is 8.02. The van der Waals surface area contributed by atoms with E-state index in [-0.39, 0.29) is 0 Å². The topological polar surface area (TPSA) is 71.1 Å². The lowest BCUT2D eigenvalue weighted by molar-refractivity contribution is 0.249. The molecule has 0 saturated carbocycles. The molecular formula is C6H16O6P2. The Bertz CT molecular complexity index is 223. The minimum atomic E-state index is -3.44. The Hall–Kier alpha value is 0.300. The summed E-state index contributed by atoms with van der Waals surface area (Å²) in [6.07, 6.45) is 0. The summed E-state index contributed by atoms with van der Waals surface area (Å²) in [5.74, 6) is 0. The van der Waals surface area contributed by atoms with Gasteiger partial charge in [0.15, 0.2) is 5.40 Å². The van der Waals surface area contributed by atoms with Crippen molar-refractivity contribution in [3.05, 3.63) is 0 Å². The van der Waals surface area contributed by atoms with Crippen LogP contribution in [0.5, 0.6) is 0 Å². The molecule has 6 nitrogen and oxygen atoms in total. The third kappa shape index (κ3) is 2.66. The van der Waals surface area contributed by atoms with Gasteiger partial charge in [-0.05, 0) is 6.92 Å². The lowest BCUT2D eigenvalue weighted by Crippen LogP contribution is -2.10. The molecule has 0 aliphatic carbocycles. The zero-order chi connectivity index (χ0) is 11.4. The van der Waals surface area contributed by atoms with Gasteiger partial charge in [-0.25, -0.2) is 0 Å². The van der Waals surface area contributed by atoms with E-state index in [9.17, 15) is 9.13 Å². The van der Waals surface area contributed by atoms with Crippen molar-refractivity contribution in [3.63, 3.8) is 0 Å². The Morgan fingerprint density at radius 3 is 1.14 bits per heavy atom. The summed E-state index contributed by atoms with van der Waals surface area (Å²) < 4.78 is 42.5. The molecule has 0 rings (SSSR count). The summed E-state index contributed by atoms with van der Waals surface area (Å²) >= 11 is 0. The van der Waals surface area contributed by atoms with E-state index < -0.39 is 20.6 Å². The lowest BCUT2D eigenvalue weighted by atomic mass is 11.0. The zero-order valence-corrected chi connectivity index (χ0v) is 10.7. The fourth-order valence-corrected chi connectivity index (χ4v) is 4.97. The Morgan fingerprint density at radius 2 is 1.00 bits per heavy atom. The van der Waals surface area contributed by atoms with Crippen molar-refractivity contribution < 1.29 is 27.2 Å². The van der Waals surface area contributed by atoms with E-state index in [1.807, 2.05) is 0 Å². The number of hydrogen-bond donors (Lipinski definition) is 0. The first-order valence-electron chi connectivity index (χ1n) is 3.82. The van der Waals surface area contributed by atoms with Crippen molar-refractivity contribution >= 4 is 15.2 Å². The molecule has 0 aliphatic heterocycles. The molecule has 0 bridgehead atoms. The SMILES string of the molecule is COP(=O)(OC)C(C)P(=O)(OC)OC. The van der Waals surface area contributed by atoms with Crippen molar-refractivity contribution in [1.29, 1.82) is 0 Å². The van der Waals surface area contributed by atoms with Gasteiger partial charge in [0.25, 0.3) is 0 Å². The molecule has 0 fully saturated rings. The summed E-state index contributed by atoms with van der Waals surface area (Å²) in [6.45, 7) is 1.43. The highest BCUT2D eigenvalue weighted by Crippen LogP contribution is 2.68. The van der Waals surface area contributed by atoms with Crippen LogP contribution in [0.1, 0.15) is 6.92 Å². The van der Waals surface area contributed by atoms with Crippen LogP contribution in [-0.4, -0.2) is 33.8 Å². The Labute approximate surface area is 83.9 Å². The molecule has 14 heavy (non-hydrogen) atoms. The van der Waals surface area contributed by atoms with Crippen LogP contribution < -0.4 is 0 Å². The normalized spacial score (nSPS) is 13.6. The molecule has 0 aromatic rings. The molecule has 0 aliphatic rings. The third-order valence-corrected chi connectivity index (χ3v) is 7.50. The van der Waals surface area contributed by atoms with E-state index in [1.165, 1.54) is 35.4 Å². The lowest BCUT2D eigenvalue weighted by Gasteiger charge is -2.25. The molecule has 0 unspecified atom stereocenters. The average molecular weight is 246 g/mol. The predicted molar refractivity (Wildman–Crippen MR) is 52.7 cm³/mol. The first-order chi connectivity index (χ1) is 6.40. The van der Waals surface area contributed by atoms with Crippen LogP contribution in [0, 0.1) is 0 Å². The molecule has 0 aromatic heterocycles. The van der Waals surface area contributed by atoms with E-state index in [1.54, 1.807) is 0 Å². The van der Waals surface area contributed by atoms with Gasteiger partial charge in [0.1, 0.15) is 0 Å². The molecule has 0 amide bonds. The molecule has 0 radical (unpaired) electrons. The van der Waals surface area contributed by atoms with Crippen molar-refractivity contribution in [2.24, 2.45) is 0 Å². The molecule has 8 heteroatoms. The van der Waals surface area contributed by atoms with Crippen LogP contribution in [0.15, 0.2) is 0 Å². The summed E-state index contributed by atoms with van der Waals surface area (Å²) in [5, 5.41) is -0.958. The van der Waals surface area contributed by atoms with Crippen LogP contribution in [0.3, 0.4) is 0 Å². The molecule has 86 valence electrons. The van der Waals surface area contributed by atoms with Gasteiger partial charge in [-0.3, -0.25) is 9.13 Å². The third-order valence-electron chi connectivity index (χ3n) is 1.93. The zero-order valence-electron chi connectivity index (χ0n) is 8.92. The van der Waals surface area contributed by atoms with Crippen molar-refractivity contribution in [1.82, 2.24) is 0 Å². The molecule has 0 heterocycles. The van der Waals surface area contributed by atoms with Gasteiger partial charge in [0.05, 0.1) is 0 Å². The summed E-state index contributed by atoms with van der Waals surface area (Å²) in [5.41, 5.74) is 0. The van der Waals surface area contributed by atoms with E-state index in [4.69, 9.17) is 18.1 Å². The second kappa shape index (κ2) is 5.40.